The van der Waals surface area contributed by atoms with Crippen molar-refractivity contribution < 1.29 is 17.9 Å². The van der Waals surface area contributed by atoms with Gasteiger partial charge in [0.2, 0.25) is 5.91 Å². The molecule has 0 spiro atoms. The van der Waals surface area contributed by atoms with E-state index in [1.165, 1.54) is 0 Å². The lowest BCUT2D eigenvalue weighted by Crippen LogP contribution is -2.42. The van der Waals surface area contributed by atoms with Gasteiger partial charge in [-0.3, -0.25) is 4.79 Å². The second-order valence-electron chi connectivity index (χ2n) is 8.06. The molecule has 0 saturated carbocycles. The minimum atomic E-state index is -3.30. The van der Waals surface area contributed by atoms with Gasteiger partial charge in [-0.25, -0.2) is 13.4 Å². The number of carbonyl (C=O) groups is 1. The van der Waals surface area contributed by atoms with Crippen molar-refractivity contribution in [3.8, 4) is 5.19 Å². The number of thiazole rings is 1. The van der Waals surface area contributed by atoms with Gasteiger partial charge in [-0.15, -0.1) is 0 Å². The Bertz CT molecular complexity index is 1130. The van der Waals surface area contributed by atoms with Crippen LogP contribution in [0.1, 0.15) is 32.3 Å². The number of rotatable bonds is 6. The molecule has 2 heterocycles. The Hall–Kier alpha value is -2.45. The maximum Gasteiger partial charge on any atom is 0.274 e. The molecule has 0 unspecified atom stereocenters. The van der Waals surface area contributed by atoms with Crippen molar-refractivity contribution in [1.82, 2.24) is 9.88 Å². The van der Waals surface area contributed by atoms with Gasteiger partial charge in [-0.2, -0.15) is 0 Å². The van der Waals surface area contributed by atoms with Gasteiger partial charge in [0.25, 0.3) is 5.19 Å². The second-order valence-corrected chi connectivity index (χ2v) is 11.6. The summed E-state index contributed by atoms with van der Waals surface area (Å²) in [7, 11) is -3.30. The molecule has 0 bridgehead atoms. The molecule has 6 nitrogen and oxygen atoms in total. The van der Waals surface area contributed by atoms with Gasteiger partial charge < -0.3 is 9.64 Å². The minimum absolute atomic E-state index is 0.0536. The largest absolute Gasteiger partial charge is 0.467 e. The van der Waals surface area contributed by atoms with E-state index in [0.29, 0.717) is 23.2 Å². The summed E-state index contributed by atoms with van der Waals surface area (Å²) >= 11 is 1.55. The smallest absolute Gasteiger partial charge is 0.274 e. The van der Waals surface area contributed by atoms with Crippen molar-refractivity contribution in [3.05, 3.63) is 54.1 Å². The van der Waals surface area contributed by atoms with Gasteiger partial charge in [-0.05, 0) is 43.7 Å². The molecule has 0 atom stereocenters. The van der Waals surface area contributed by atoms with Crippen LogP contribution in [0.3, 0.4) is 0 Å². The number of hydrogen-bond donors (Lipinski definition) is 0. The Labute approximate surface area is 186 Å². The number of hydrogen-bond acceptors (Lipinski definition) is 6. The molecule has 2 aromatic carbocycles. The van der Waals surface area contributed by atoms with Crippen molar-refractivity contribution in [3.63, 3.8) is 0 Å². The highest BCUT2D eigenvalue weighted by Crippen LogP contribution is 2.29. The second kappa shape index (κ2) is 8.96. The monoisotopic (exact) mass is 458 g/mol. The number of fused-ring (bicyclic) bond motifs is 1. The number of sulfone groups is 1. The number of carbonyl (C=O) groups excluding carboxylic acids is 1. The third-order valence-corrected chi connectivity index (χ3v) is 8.66. The van der Waals surface area contributed by atoms with Crippen molar-refractivity contribution in [2.45, 2.75) is 49.4 Å². The summed E-state index contributed by atoms with van der Waals surface area (Å²) in [5.74, 6) is 0.0536. The number of piperidine rings is 1. The maximum atomic E-state index is 12.7. The fourth-order valence-corrected chi connectivity index (χ4v) is 5.56. The summed E-state index contributed by atoms with van der Waals surface area (Å²) in [6, 6.07) is 14.6. The third-order valence-electron chi connectivity index (χ3n) is 5.56. The molecule has 0 N–H and O–H groups in total. The Balaban J connectivity index is 1.30. The maximum absolute atomic E-state index is 12.7. The number of benzene rings is 2. The van der Waals surface area contributed by atoms with Gasteiger partial charge >= 0.3 is 0 Å². The number of para-hydroxylation sites is 1. The average Bonchev–Trinajstić information content (AvgIpc) is 3.17. The first-order valence-electron chi connectivity index (χ1n) is 10.5. The molecule has 164 valence electrons. The van der Waals surface area contributed by atoms with Crippen molar-refractivity contribution in [1.29, 1.82) is 0 Å². The number of likely N-dealkylation sites (tertiary alicyclic amines) is 1. The molecule has 1 aromatic heterocycles. The van der Waals surface area contributed by atoms with Crippen molar-refractivity contribution in [2.75, 3.05) is 13.1 Å². The predicted octanol–water partition coefficient (Wildman–Crippen LogP) is 4.09. The van der Waals surface area contributed by atoms with Crippen LogP contribution >= 0.6 is 11.3 Å². The minimum Gasteiger partial charge on any atom is -0.467 e. The van der Waals surface area contributed by atoms with Crippen molar-refractivity contribution >= 4 is 37.3 Å². The lowest BCUT2D eigenvalue weighted by Gasteiger charge is -2.31. The summed E-state index contributed by atoms with van der Waals surface area (Å²) < 4.78 is 31.6. The Morgan fingerprint density at radius 2 is 1.81 bits per heavy atom. The highest BCUT2D eigenvalue weighted by atomic mass is 32.2. The molecule has 1 fully saturated rings. The number of amides is 1. The van der Waals surface area contributed by atoms with Crippen LogP contribution < -0.4 is 4.74 Å². The van der Waals surface area contributed by atoms with Crippen LogP contribution in [-0.2, 0) is 21.1 Å². The molecule has 0 radical (unpaired) electrons. The van der Waals surface area contributed by atoms with E-state index >= 15 is 0 Å². The molecule has 1 saturated heterocycles. The van der Waals surface area contributed by atoms with E-state index in [9.17, 15) is 13.2 Å². The Morgan fingerprint density at radius 3 is 2.45 bits per heavy atom. The van der Waals surface area contributed by atoms with Gasteiger partial charge in [0.05, 0.1) is 26.8 Å². The molecule has 1 aliphatic rings. The first kappa shape index (κ1) is 21.8. The van der Waals surface area contributed by atoms with Crippen LogP contribution in [0, 0.1) is 0 Å². The third kappa shape index (κ3) is 4.91. The van der Waals surface area contributed by atoms with E-state index in [-0.39, 0.29) is 18.4 Å². The van der Waals surface area contributed by atoms with E-state index in [4.69, 9.17) is 4.74 Å². The average molecular weight is 459 g/mol. The topological polar surface area (TPSA) is 76.6 Å². The SMILES string of the molecule is CC(C)S(=O)(=O)c1ccc(CC(=O)N2CCC(Oc3nc4ccccc4s3)CC2)cc1. The van der Waals surface area contributed by atoms with Crippen LogP contribution in [0.2, 0.25) is 0 Å². The van der Waals surface area contributed by atoms with E-state index < -0.39 is 15.1 Å². The summed E-state index contributed by atoms with van der Waals surface area (Å²) in [6.45, 7) is 4.62. The zero-order valence-electron chi connectivity index (χ0n) is 17.7. The number of aromatic nitrogens is 1. The Kier molecular flexibility index (Phi) is 6.29. The first-order valence-corrected chi connectivity index (χ1v) is 12.8. The normalized spacial score (nSPS) is 15.5. The van der Waals surface area contributed by atoms with Gasteiger partial charge in [-0.1, -0.05) is 35.6 Å². The molecular weight excluding hydrogens is 432 g/mol. The quantitative estimate of drug-likeness (QED) is 0.556. The van der Waals surface area contributed by atoms with Crippen LogP contribution in [0.25, 0.3) is 10.2 Å². The number of ether oxygens (including phenoxy) is 1. The molecule has 31 heavy (non-hydrogen) atoms. The Morgan fingerprint density at radius 1 is 1.13 bits per heavy atom. The summed E-state index contributed by atoms with van der Waals surface area (Å²) in [5, 5.41) is 0.216. The lowest BCUT2D eigenvalue weighted by molar-refractivity contribution is -0.132. The first-order chi connectivity index (χ1) is 14.8. The highest BCUT2D eigenvalue weighted by molar-refractivity contribution is 7.92. The molecule has 3 aromatic rings. The summed E-state index contributed by atoms with van der Waals surface area (Å²) in [4.78, 5) is 19.4. The fourth-order valence-electron chi connectivity index (χ4n) is 3.62. The summed E-state index contributed by atoms with van der Waals surface area (Å²) in [6.07, 6.45) is 1.87. The molecule has 4 rings (SSSR count). The van der Waals surface area contributed by atoms with Crippen molar-refractivity contribution in [2.24, 2.45) is 0 Å². The zero-order valence-corrected chi connectivity index (χ0v) is 19.3. The van der Waals surface area contributed by atoms with Gasteiger partial charge in [0.15, 0.2) is 9.84 Å². The van der Waals surface area contributed by atoms with E-state index in [1.54, 1.807) is 49.4 Å². The standard InChI is InChI=1S/C23H26N2O4S2/c1-16(2)31(27,28)19-9-7-17(8-10-19)15-22(26)25-13-11-18(12-14-25)29-23-24-20-5-3-4-6-21(20)30-23/h3-10,16,18H,11-15H2,1-2H3. The molecular formula is C23H26N2O4S2. The summed E-state index contributed by atoms with van der Waals surface area (Å²) in [5.41, 5.74) is 1.77. The van der Waals surface area contributed by atoms with Crippen LogP contribution in [0.15, 0.2) is 53.4 Å². The van der Waals surface area contributed by atoms with E-state index in [1.807, 2.05) is 29.2 Å². The molecule has 0 aliphatic carbocycles. The lowest BCUT2D eigenvalue weighted by atomic mass is 10.1. The molecule has 1 amide bonds. The molecule has 1 aliphatic heterocycles. The zero-order chi connectivity index (χ0) is 22.0. The predicted molar refractivity (Wildman–Crippen MR) is 122 cm³/mol. The van der Waals surface area contributed by atoms with E-state index in [2.05, 4.69) is 4.98 Å². The van der Waals surface area contributed by atoms with Crippen LogP contribution in [0.5, 0.6) is 5.19 Å². The van der Waals surface area contributed by atoms with Crippen LogP contribution in [-0.4, -0.2) is 48.7 Å². The fraction of sp³-hybridized carbons (Fsp3) is 0.391. The van der Waals surface area contributed by atoms with Gasteiger partial charge in [0, 0.05) is 25.9 Å². The van der Waals surface area contributed by atoms with Gasteiger partial charge in [0.1, 0.15) is 6.10 Å². The number of nitrogens with zero attached hydrogens (tertiary/aromatic N) is 2. The van der Waals surface area contributed by atoms with Crippen LogP contribution in [0.4, 0.5) is 0 Å². The van der Waals surface area contributed by atoms with E-state index in [0.717, 1.165) is 28.6 Å². The highest BCUT2D eigenvalue weighted by Gasteiger charge is 2.25. The molecule has 8 heteroatoms.